The van der Waals surface area contributed by atoms with Gasteiger partial charge in [-0.15, -0.1) is 0 Å². The van der Waals surface area contributed by atoms with E-state index >= 15 is 0 Å². The zero-order valence-corrected chi connectivity index (χ0v) is 15.4. The van der Waals surface area contributed by atoms with Crippen LogP contribution in [0.1, 0.15) is 40.5 Å². The molecule has 0 aliphatic carbocycles. The second-order valence-electron chi connectivity index (χ2n) is 6.36. The molecule has 2 atom stereocenters. The first-order valence-electron chi connectivity index (χ1n) is 8.28. The fourth-order valence-corrected chi connectivity index (χ4v) is 3.85. The summed E-state index contributed by atoms with van der Waals surface area (Å²) < 4.78 is 22.7. The molecular weight excluding hydrogens is 316 g/mol. The summed E-state index contributed by atoms with van der Waals surface area (Å²) in [6.45, 7) is 9.46. The number of guanidine groups is 1. The molecule has 1 saturated heterocycles. The molecule has 0 aromatic carbocycles. The van der Waals surface area contributed by atoms with Gasteiger partial charge in [0.2, 0.25) is 5.91 Å². The molecule has 0 bridgehead atoms. The molecule has 0 radical (unpaired) electrons. The van der Waals surface area contributed by atoms with E-state index in [1.807, 2.05) is 6.92 Å². The summed E-state index contributed by atoms with van der Waals surface area (Å²) in [6, 6.07) is 0.0362. The molecule has 1 heterocycles. The van der Waals surface area contributed by atoms with Crippen molar-refractivity contribution in [1.29, 1.82) is 0 Å². The molecule has 7 nitrogen and oxygen atoms in total. The zero-order chi connectivity index (χ0) is 17.5. The summed E-state index contributed by atoms with van der Waals surface area (Å²) in [5.74, 6) is 1.25. The fraction of sp³-hybridized carbons (Fsp3) is 0.867. The maximum atomic E-state index is 11.9. The Balaban J connectivity index is 2.40. The van der Waals surface area contributed by atoms with Crippen molar-refractivity contribution in [2.75, 3.05) is 24.6 Å². The molecule has 0 aromatic heterocycles. The maximum Gasteiger partial charge on any atom is 0.222 e. The number of sulfone groups is 1. The van der Waals surface area contributed by atoms with Crippen LogP contribution in [0.5, 0.6) is 0 Å². The van der Waals surface area contributed by atoms with Crippen LogP contribution in [0.15, 0.2) is 4.99 Å². The first-order valence-corrected chi connectivity index (χ1v) is 10.1. The molecule has 8 heteroatoms. The van der Waals surface area contributed by atoms with E-state index in [2.05, 4.69) is 41.7 Å². The van der Waals surface area contributed by atoms with E-state index < -0.39 is 9.84 Å². The average molecular weight is 346 g/mol. The summed E-state index contributed by atoms with van der Waals surface area (Å²) >= 11 is 0. The van der Waals surface area contributed by atoms with Crippen molar-refractivity contribution < 1.29 is 13.2 Å². The van der Waals surface area contributed by atoms with Crippen LogP contribution in [0, 0.1) is 5.92 Å². The lowest BCUT2D eigenvalue weighted by Gasteiger charge is -2.20. The lowest BCUT2D eigenvalue weighted by molar-refractivity contribution is -0.121. The molecule has 1 fully saturated rings. The van der Waals surface area contributed by atoms with E-state index in [-0.39, 0.29) is 35.9 Å². The van der Waals surface area contributed by atoms with Crippen LogP contribution >= 0.6 is 0 Å². The minimum atomic E-state index is -2.97. The molecule has 0 saturated carbocycles. The predicted molar refractivity (Wildman–Crippen MR) is 93.2 cm³/mol. The summed E-state index contributed by atoms with van der Waals surface area (Å²) in [5, 5.41) is 9.23. The molecule has 1 aliphatic rings. The summed E-state index contributed by atoms with van der Waals surface area (Å²) in [7, 11) is -2.97. The predicted octanol–water partition coefficient (Wildman–Crippen LogP) is 0.279. The molecule has 1 aliphatic heterocycles. The van der Waals surface area contributed by atoms with Crippen molar-refractivity contribution in [3.8, 4) is 0 Å². The number of hydrogen-bond donors (Lipinski definition) is 3. The Morgan fingerprint density at radius 1 is 1.30 bits per heavy atom. The largest absolute Gasteiger partial charge is 0.357 e. The van der Waals surface area contributed by atoms with Gasteiger partial charge in [-0.25, -0.2) is 8.42 Å². The van der Waals surface area contributed by atoms with Crippen LogP contribution < -0.4 is 16.0 Å². The number of carbonyl (C=O) groups is 1. The van der Waals surface area contributed by atoms with E-state index in [1.165, 1.54) is 0 Å². The van der Waals surface area contributed by atoms with Crippen LogP contribution in [-0.4, -0.2) is 57.0 Å². The number of amides is 1. The van der Waals surface area contributed by atoms with E-state index in [9.17, 15) is 13.2 Å². The van der Waals surface area contributed by atoms with Crippen molar-refractivity contribution >= 4 is 21.7 Å². The van der Waals surface area contributed by atoms with Gasteiger partial charge in [-0.3, -0.25) is 9.79 Å². The van der Waals surface area contributed by atoms with Crippen LogP contribution in [-0.2, 0) is 14.6 Å². The highest BCUT2D eigenvalue weighted by molar-refractivity contribution is 7.91. The third-order valence-corrected chi connectivity index (χ3v) is 5.68. The van der Waals surface area contributed by atoms with Gasteiger partial charge in [0.05, 0.1) is 18.1 Å². The van der Waals surface area contributed by atoms with E-state index in [4.69, 9.17) is 0 Å². The zero-order valence-electron chi connectivity index (χ0n) is 14.6. The third kappa shape index (κ3) is 7.67. The van der Waals surface area contributed by atoms with E-state index in [0.29, 0.717) is 24.8 Å². The van der Waals surface area contributed by atoms with Crippen molar-refractivity contribution in [3.05, 3.63) is 0 Å². The molecule has 1 rings (SSSR count). The quantitative estimate of drug-likeness (QED) is 0.454. The number of carbonyl (C=O) groups excluding carboxylic acids is 1. The molecular formula is C15H30N4O3S. The van der Waals surface area contributed by atoms with Gasteiger partial charge in [0.1, 0.15) is 0 Å². The van der Waals surface area contributed by atoms with Gasteiger partial charge in [0.25, 0.3) is 0 Å². The molecule has 1 amide bonds. The highest BCUT2D eigenvalue weighted by atomic mass is 32.2. The van der Waals surface area contributed by atoms with Gasteiger partial charge in [-0.1, -0.05) is 13.8 Å². The van der Waals surface area contributed by atoms with Crippen LogP contribution in [0.3, 0.4) is 0 Å². The Bertz CT molecular complexity index is 517. The van der Waals surface area contributed by atoms with Crippen molar-refractivity contribution in [2.24, 2.45) is 10.9 Å². The van der Waals surface area contributed by atoms with Crippen LogP contribution in [0.2, 0.25) is 0 Å². The van der Waals surface area contributed by atoms with Crippen LogP contribution in [0.25, 0.3) is 0 Å². The minimum absolute atomic E-state index is 0.0537. The first kappa shape index (κ1) is 19.7. The number of nitrogens with zero attached hydrogens (tertiary/aromatic N) is 1. The minimum Gasteiger partial charge on any atom is -0.357 e. The molecule has 23 heavy (non-hydrogen) atoms. The first-order chi connectivity index (χ1) is 10.7. The highest BCUT2D eigenvalue weighted by Gasteiger charge is 2.28. The standard InChI is InChI=1S/C15H30N4O3S/c1-5-16-15(18-12(4)11(2)3)17-8-6-14(20)19-13-7-9-23(21,22)10-13/h11-13H,5-10H2,1-4H3,(H,19,20)(H2,16,17,18). The molecule has 134 valence electrons. The monoisotopic (exact) mass is 346 g/mol. The Morgan fingerprint density at radius 3 is 2.52 bits per heavy atom. The molecule has 0 aromatic rings. The lowest BCUT2D eigenvalue weighted by atomic mass is 10.1. The SMILES string of the molecule is CCNC(=NCCC(=O)NC1CCS(=O)(=O)C1)NC(C)C(C)C. The molecule has 0 spiro atoms. The number of hydrogen-bond acceptors (Lipinski definition) is 4. The van der Waals surface area contributed by atoms with Crippen molar-refractivity contribution in [1.82, 2.24) is 16.0 Å². The Hall–Kier alpha value is -1.31. The van der Waals surface area contributed by atoms with Gasteiger partial charge in [-0.2, -0.15) is 0 Å². The number of rotatable bonds is 7. The number of nitrogens with one attached hydrogen (secondary N) is 3. The third-order valence-electron chi connectivity index (χ3n) is 3.91. The van der Waals surface area contributed by atoms with Gasteiger partial charge in [0.15, 0.2) is 15.8 Å². The Morgan fingerprint density at radius 2 is 2.00 bits per heavy atom. The van der Waals surface area contributed by atoms with E-state index in [0.717, 1.165) is 6.54 Å². The normalized spacial score (nSPS) is 22.0. The van der Waals surface area contributed by atoms with Gasteiger partial charge >= 0.3 is 0 Å². The van der Waals surface area contributed by atoms with Crippen molar-refractivity contribution in [3.63, 3.8) is 0 Å². The summed E-state index contributed by atoms with van der Waals surface area (Å²) in [6.07, 6.45) is 0.761. The molecule has 3 N–H and O–H groups in total. The van der Waals surface area contributed by atoms with Gasteiger partial charge < -0.3 is 16.0 Å². The summed E-state index contributed by atoms with van der Waals surface area (Å²) in [4.78, 5) is 16.3. The number of aliphatic imine (C=N–C) groups is 1. The Labute approximate surface area is 139 Å². The van der Waals surface area contributed by atoms with Gasteiger partial charge in [0, 0.05) is 25.0 Å². The smallest absolute Gasteiger partial charge is 0.222 e. The average Bonchev–Trinajstić information content (AvgIpc) is 2.77. The lowest BCUT2D eigenvalue weighted by Crippen LogP contribution is -2.44. The fourth-order valence-electron chi connectivity index (χ4n) is 2.18. The van der Waals surface area contributed by atoms with E-state index in [1.54, 1.807) is 0 Å². The van der Waals surface area contributed by atoms with Gasteiger partial charge in [-0.05, 0) is 26.2 Å². The van der Waals surface area contributed by atoms with Crippen LogP contribution in [0.4, 0.5) is 0 Å². The highest BCUT2D eigenvalue weighted by Crippen LogP contribution is 2.11. The second-order valence-corrected chi connectivity index (χ2v) is 8.58. The topological polar surface area (TPSA) is 99.7 Å². The second kappa shape index (κ2) is 9.10. The summed E-state index contributed by atoms with van der Waals surface area (Å²) in [5.41, 5.74) is 0. The maximum absolute atomic E-state index is 11.9. The molecule has 2 unspecified atom stereocenters. The van der Waals surface area contributed by atoms with Crippen molar-refractivity contribution in [2.45, 2.75) is 52.6 Å². The Kier molecular flexibility index (Phi) is 7.81.